The highest BCUT2D eigenvalue weighted by atomic mass is 15.3. The van der Waals surface area contributed by atoms with Gasteiger partial charge in [0.2, 0.25) is 0 Å². The minimum atomic E-state index is 0.943. The highest BCUT2D eigenvalue weighted by molar-refractivity contribution is 6.12. The van der Waals surface area contributed by atoms with Gasteiger partial charge in [-0.2, -0.15) is 5.10 Å². The van der Waals surface area contributed by atoms with Crippen LogP contribution in [0.4, 0.5) is 0 Å². The average molecular weight is 816 g/mol. The van der Waals surface area contributed by atoms with E-state index in [9.17, 15) is 0 Å². The van der Waals surface area contributed by atoms with Crippen LogP contribution >= 0.6 is 0 Å². The molecular weight excluding hydrogens is 775 g/mol. The second kappa shape index (κ2) is 15.7. The molecule has 3 nitrogen and oxygen atoms in total. The lowest BCUT2D eigenvalue weighted by atomic mass is 9.89. The van der Waals surface area contributed by atoms with Gasteiger partial charge in [-0.05, 0) is 116 Å². The van der Waals surface area contributed by atoms with E-state index >= 15 is 0 Å². The van der Waals surface area contributed by atoms with Crippen LogP contribution in [-0.2, 0) is 0 Å². The quantitative estimate of drug-likeness (QED) is 0.150. The molecular formula is C61H41N3. The first-order valence-corrected chi connectivity index (χ1v) is 21.9. The highest BCUT2D eigenvalue weighted by Gasteiger charge is 2.18. The molecule has 0 aliphatic carbocycles. The molecule has 0 N–H and O–H groups in total. The second-order valence-electron chi connectivity index (χ2n) is 16.4. The van der Waals surface area contributed by atoms with E-state index in [-0.39, 0.29) is 0 Å². The maximum Gasteiger partial charge on any atom is 0.0934 e. The summed E-state index contributed by atoms with van der Waals surface area (Å²) in [7, 11) is 0. The molecule has 64 heavy (non-hydrogen) atoms. The average Bonchev–Trinajstić information content (AvgIpc) is 3.97. The fraction of sp³-hybridized carbons (Fsp3) is 0. The van der Waals surface area contributed by atoms with Gasteiger partial charge < -0.3 is 4.57 Å². The topological polar surface area (TPSA) is 22.8 Å². The second-order valence-corrected chi connectivity index (χ2v) is 16.4. The van der Waals surface area contributed by atoms with Gasteiger partial charge >= 0.3 is 0 Å². The molecule has 10 aromatic carbocycles. The monoisotopic (exact) mass is 815 g/mol. The molecule has 0 aliphatic rings. The van der Waals surface area contributed by atoms with E-state index in [0.29, 0.717) is 0 Å². The minimum Gasteiger partial charge on any atom is -0.309 e. The number of hydrogen-bond donors (Lipinski definition) is 0. The zero-order valence-corrected chi connectivity index (χ0v) is 35.0. The third-order valence-corrected chi connectivity index (χ3v) is 12.6. The summed E-state index contributed by atoms with van der Waals surface area (Å²) in [6.45, 7) is 0. The molecule has 3 heteroatoms. The Labute approximate surface area is 372 Å². The number of benzene rings is 10. The van der Waals surface area contributed by atoms with Crippen LogP contribution in [0.1, 0.15) is 0 Å². The predicted octanol–water partition coefficient (Wildman–Crippen LogP) is 16.1. The van der Waals surface area contributed by atoms with Crippen molar-refractivity contribution in [2.24, 2.45) is 0 Å². The van der Waals surface area contributed by atoms with Crippen LogP contribution in [0.2, 0.25) is 0 Å². The van der Waals surface area contributed by atoms with Gasteiger partial charge in [0.15, 0.2) is 0 Å². The lowest BCUT2D eigenvalue weighted by Gasteiger charge is -2.16. The number of hydrogen-bond acceptors (Lipinski definition) is 1. The summed E-state index contributed by atoms with van der Waals surface area (Å²) in [5.41, 5.74) is 18.2. The van der Waals surface area contributed by atoms with E-state index in [1.54, 1.807) is 0 Å². The molecule has 0 spiro atoms. The Morgan fingerprint density at radius 2 is 0.766 bits per heavy atom. The first kappa shape index (κ1) is 37.2. The first-order chi connectivity index (χ1) is 31.7. The molecule has 300 valence electrons. The van der Waals surface area contributed by atoms with E-state index in [2.05, 4.69) is 252 Å². The molecule has 0 amide bonds. The van der Waals surface area contributed by atoms with Gasteiger partial charge in [-0.1, -0.05) is 188 Å². The maximum absolute atomic E-state index is 5.15. The van der Waals surface area contributed by atoms with E-state index in [1.807, 2.05) is 6.07 Å². The van der Waals surface area contributed by atoms with Crippen LogP contribution in [0.15, 0.2) is 249 Å². The van der Waals surface area contributed by atoms with E-state index in [4.69, 9.17) is 5.10 Å². The molecule has 0 saturated heterocycles. The van der Waals surface area contributed by atoms with E-state index in [0.717, 1.165) is 39.5 Å². The summed E-state index contributed by atoms with van der Waals surface area (Å²) >= 11 is 0. The summed E-state index contributed by atoms with van der Waals surface area (Å²) in [4.78, 5) is 0. The smallest absolute Gasteiger partial charge is 0.0934 e. The molecule has 0 bridgehead atoms. The van der Waals surface area contributed by atoms with E-state index in [1.165, 1.54) is 71.5 Å². The number of rotatable bonds is 8. The third kappa shape index (κ3) is 6.59. The van der Waals surface area contributed by atoms with Gasteiger partial charge in [-0.3, -0.25) is 0 Å². The fourth-order valence-corrected chi connectivity index (χ4v) is 9.46. The number of fused-ring (bicyclic) bond motifs is 4. The lowest BCUT2D eigenvalue weighted by Crippen LogP contribution is -1.99. The normalized spacial score (nSPS) is 11.4. The summed E-state index contributed by atoms with van der Waals surface area (Å²) in [6, 6.07) is 89.5. The Kier molecular flexibility index (Phi) is 9.16. The molecule has 0 unspecified atom stereocenters. The van der Waals surface area contributed by atoms with Crippen LogP contribution in [0.5, 0.6) is 0 Å². The Balaban J connectivity index is 0.959. The van der Waals surface area contributed by atoms with Gasteiger partial charge in [-0.15, -0.1) is 0 Å². The minimum absolute atomic E-state index is 0.943. The van der Waals surface area contributed by atoms with Crippen molar-refractivity contribution < 1.29 is 0 Å². The van der Waals surface area contributed by atoms with Crippen molar-refractivity contribution in [1.29, 1.82) is 0 Å². The molecule has 2 heterocycles. The molecule has 0 atom stereocenters. The number of aromatic nitrogens is 3. The van der Waals surface area contributed by atoms with Crippen molar-refractivity contribution in [1.82, 2.24) is 14.3 Å². The molecule has 0 saturated carbocycles. The largest absolute Gasteiger partial charge is 0.309 e. The standard InChI is InChI=1S/C61H41N3/c1-4-17-44(18-5-1)58-41-61(45-19-6-2-7-20-45)64(62-58)51-34-30-43(31-35-51)52-24-12-14-26-54(52)55-27-15-13-25-53(55)49-33-37-60-57(40-49)56-39-48(47-29-28-42-16-10-11-21-46(42)38-47)32-36-59(56)63(60)50-22-8-3-9-23-50/h1-41H. The van der Waals surface area contributed by atoms with Crippen molar-refractivity contribution in [2.75, 3.05) is 0 Å². The van der Waals surface area contributed by atoms with Crippen LogP contribution in [-0.4, -0.2) is 14.3 Å². The Morgan fingerprint density at radius 1 is 0.281 bits per heavy atom. The summed E-state index contributed by atoms with van der Waals surface area (Å²) < 4.78 is 4.47. The third-order valence-electron chi connectivity index (χ3n) is 12.6. The van der Waals surface area contributed by atoms with Crippen molar-refractivity contribution in [3.63, 3.8) is 0 Å². The summed E-state index contributed by atoms with van der Waals surface area (Å²) in [5.74, 6) is 0. The zero-order valence-electron chi connectivity index (χ0n) is 35.0. The van der Waals surface area contributed by atoms with Crippen LogP contribution in [0, 0.1) is 0 Å². The Bertz CT molecular complexity index is 3640. The molecule has 12 aromatic rings. The maximum atomic E-state index is 5.15. The van der Waals surface area contributed by atoms with Crippen molar-refractivity contribution in [3.05, 3.63) is 249 Å². The SMILES string of the molecule is c1ccc(-c2cc(-c3ccccc3)n(-c3ccc(-c4ccccc4-c4ccccc4-c4ccc5c(c4)c4cc(-c6ccc7ccccc7c6)ccc4n5-c4ccccc4)cc3)n2)cc1. The molecule has 0 fully saturated rings. The lowest BCUT2D eigenvalue weighted by molar-refractivity contribution is 0.892. The molecule has 0 aliphatic heterocycles. The van der Waals surface area contributed by atoms with E-state index < -0.39 is 0 Å². The van der Waals surface area contributed by atoms with Crippen molar-refractivity contribution in [3.8, 4) is 78.4 Å². The van der Waals surface area contributed by atoms with Crippen LogP contribution < -0.4 is 0 Å². The van der Waals surface area contributed by atoms with Crippen LogP contribution in [0.3, 0.4) is 0 Å². The first-order valence-electron chi connectivity index (χ1n) is 21.9. The molecule has 0 radical (unpaired) electrons. The molecule has 12 rings (SSSR count). The fourth-order valence-electron chi connectivity index (χ4n) is 9.46. The van der Waals surface area contributed by atoms with Crippen molar-refractivity contribution >= 4 is 32.6 Å². The summed E-state index contributed by atoms with van der Waals surface area (Å²) in [5, 5.41) is 10.1. The molecule has 2 aromatic heterocycles. The number of para-hydroxylation sites is 1. The van der Waals surface area contributed by atoms with Gasteiger partial charge in [-0.25, -0.2) is 4.68 Å². The highest BCUT2D eigenvalue weighted by Crippen LogP contribution is 2.42. The Hall–Kier alpha value is -8.53. The van der Waals surface area contributed by atoms with Crippen molar-refractivity contribution in [2.45, 2.75) is 0 Å². The van der Waals surface area contributed by atoms with Gasteiger partial charge in [0.05, 0.1) is 28.1 Å². The van der Waals surface area contributed by atoms with Crippen LogP contribution in [0.25, 0.3) is 111 Å². The van der Waals surface area contributed by atoms with Gasteiger partial charge in [0.25, 0.3) is 0 Å². The predicted molar refractivity (Wildman–Crippen MR) is 268 cm³/mol. The number of nitrogens with zero attached hydrogens (tertiary/aromatic N) is 3. The summed E-state index contributed by atoms with van der Waals surface area (Å²) in [6.07, 6.45) is 0. The van der Waals surface area contributed by atoms with Gasteiger partial charge in [0, 0.05) is 27.6 Å². The zero-order chi connectivity index (χ0) is 42.4. The van der Waals surface area contributed by atoms with Gasteiger partial charge in [0.1, 0.15) is 0 Å². The Morgan fingerprint density at radius 3 is 1.44 bits per heavy atom.